The lowest BCUT2D eigenvalue weighted by Crippen LogP contribution is -2.05. The number of ether oxygens (including phenoxy) is 1. The van der Waals surface area contributed by atoms with E-state index >= 15 is 0 Å². The lowest BCUT2D eigenvalue weighted by Gasteiger charge is -1.99. The fourth-order valence-corrected chi connectivity index (χ4v) is 0.892. The number of halogens is 2. The predicted molar refractivity (Wildman–Crippen MR) is 40.5 cm³/mol. The summed E-state index contributed by atoms with van der Waals surface area (Å²) in [7, 11) is 1.20. The quantitative estimate of drug-likeness (QED) is 0.631. The van der Waals surface area contributed by atoms with E-state index in [1.54, 1.807) is 0 Å². The van der Waals surface area contributed by atoms with Gasteiger partial charge in [0.2, 0.25) is 0 Å². The number of carbonyl (C=O) groups excluding carboxylic acids is 1. The molecule has 1 aromatic rings. The number of hydrogen-bond acceptors (Lipinski definition) is 3. The standard InChI is InChI=1S/C7H5ClFNO2/c1-12-7(11)6-5(8)2-4(9)3-10-6/h2-3H,1H3. The lowest BCUT2D eigenvalue weighted by molar-refractivity contribution is 0.0594. The van der Waals surface area contributed by atoms with Crippen LogP contribution in [0.1, 0.15) is 10.5 Å². The molecule has 0 amide bonds. The Morgan fingerprint density at radius 1 is 1.75 bits per heavy atom. The van der Waals surface area contributed by atoms with E-state index in [1.807, 2.05) is 0 Å². The van der Waals surface area contributed by atoms with Crippen molar-refractivity contribution in [1.29, 1.82) is 0 Å². The Morgan fingerprint density at radius 2 is 2.42 bits per heavy atom. The Labute approximate surface area is 73.1 Å². The molecule has 0 aromatic carbocycles. The summed E-state index contributed by atoms with van der Waals surface area (Å²) in [5.74, 6) is -1.27. The van der Waals surface area contributed by atoms with Crippen LogP contribution >= 0.6 is 11.6 Å². The second-order valence-electron chi connectivity index (χ2n) is 1.98. The molecular weight excluding hydrogens is 185 g/mol. The van der Waals surface area contributed by atoms with Gasteiger partial charge in [-0.2, -0.15) is 0 Å². The molecule has 0 aliphatic heterocycles. The maximum Gasteiger partial charge on any atom is 0.358 e. The Balaban J connectivity index is 3.09. The SMILES string of the molecule is COC(=O)c1ncc(F)cc1Cl. The first-order valence-electron chi connectivity index (χ1n) is 3.04. The van der Waals surface area contributed by atoms with Crippen LogP contribution in [0.25, 0.3) is 0 Å². The molecule has 1 rings (SSSR count). The van der Waals surface area contributed by atoms with Crippen LogP contribution in [0.4, 0.5) is 4.39 Å². The highest BCUT2D eigenvalue weighted by atomic mass is 35.5. The summed E-state index contributed by atoms with van der Waals surface area (Å²) < 4.78 is 16.8. The largest absolute Gasteiger partial charge is 0.464 e. The zero-order valence-electron chi connectivity index (χ0n) is 6.17. The van der Waals surface area contributed by atoms with E-state index in [-0.39, 0.29) is 10.7 Å². The average molecular weight is 190 g/mol. The zero-order chi connectivity index (χ0) is 9.14. The molecule has 3 nitrogen and oxygen atoms in total. The highest BCUT2D eigenvalue weighted by Crippen LogP contribution is 2.14. The summed E-state index contributed by atoms with van der Waals surface area (Å²) >= 11 is 5.50. The van der Waals surface area contributed by atoms with Crippen molar-refractivity contribution in [1.82, 2.24) is 4.98 Å². The van der Waals surface area contributed by atoms with Gasteiger partial charge in [0.1, 0.15) is 5.82 Å². The van der Waals surface area contributed by atoms with E-state index in [0.717, 1.165) is 12.3 Å². The Morgan fingerprint density at radius 3 is 2.92 bits per heavy atom. The van der Waals surface area contributed by atoms with Gasteiger partial charge in [0.05, 0.1) is 18.3 Å². The Bertz CT molecular complexity index is 316. The number of methoxy groups -OCH3 is 1. The molecule has 0 fully saturated rings. The molecule has 0 N–H and O–H groups in total. The first-order valence-corrected chi connectivity index (χ1v) is 3.42. The van der Waals surface area contributed by atoms with Gasteiger partial charge in [0, 0.05) is 0 Å². The molecule has 0 atom stereocenters. The summed E-state index contributed by atoms with van der Waals surface area (Å²) in [5, 5.41) is -0.0538. The highest BCUT2D eigenvalue weighted by Gasteiger charge is 2.12. The van der Waals surface area contributed by atoms with Crippen LogP contribution in [0.3, 0.4) is 0 Å². The maximum absolute atomic E-state index is 12.4. The number of pyridine rings is 1. The minimum atomic E-state index is -0.681. The molecule has 0 bridgehead atoms. The van der Waals surface area contributed by atoms with E-state index in [9.17, 15) is 9.18 Å². The minimum absolute atomic E-state index is 0.0538. The van der Waals surface area contributed by atoms with Crippen molar-refractivity contribution >= 4 is 17.6 Å². The van der Waals surface area contributed by atoms with Crippen LogP contribution in [0.5, 0.6) is 0 Å². The summed E-state index contributed by atoms with van der Waals surface area (Å²) in [6.07, 6.45) is 0.901. The summed E-state index contributed by atoms with van der Waals surface area (Å²) in [6, 6.07) is 1.00. The molecule has 1 heterocycles. The monoisotopic (exact) mass is 189 g/mol. The van der Waals surface area contributed by atoms with Crippen LogP contribution in [0.2, 0.25) is 5.02 Å². The van der Waals surface area contributed by atoms with Gasteiger partial charge < -0.3 is 4.74 Å². The fraction of sp³-hybridized carbons (Fsp3) is 0.143. The molecule has 0 radical (unpaired) electrons. The molecule has 12 heavy (non-hydrogen) atoms. The van der Waals surface area contributed by atoms with Crippen molar-refractivity contribution in [3.8, 4) is 0 Å². The number of esters is 1. The van der Waals surface area contributed by atoms with Gasteiger partial charge in [0.15, 0.2) is 5.69 Å². The van der Waals surface area contributed by atoms with Gasteiger partial charge in [-0.3, -0.25) is 0 Å². The van der Waals surface area contributed by atoms with E-state index in [2.05, 4.69) is 9.72 Å². The van der Waals surface area contributed by atoms with Gasteiger partial charge in [-0.25, -0.2) is 14.2 Å². The van der Waals surface area contributed by atoms with Crippen molar-refractivity contribution in [3.63, 3.8) is 0 Å². The number of nitrogens with zero attached hydrogens (tertiary/aromatic N) is 1. The van der Waals surface area contributed by atoms with Gasteiger partial charge in [0.25, 0.3) is 0 Å². The first kappa shape index (κ1) is 8.93. The number of aromatic nitrogens is 1. The van der Waals surface area contributed by atoms with Crippen LogP contribution < -0.4 is 0 Å². The summed E-state index contributed by atoms with van der Waals surface area (Å²) in [5.41, 5.74) is -0.0828. The molecule has 0 spiro atoms. The third kappa shape index (κ3) is 1.71. The van der Waals surface area contributed by atoms with Gasteiger partial charge >= 0.3 is 5.97 Å². The molecule has 0 unspecified atom stereocenters. The molecule has 0 saturated heterocycles. The highest BCUT2D eigenvalue weighted by molar-refractivity contribution is 6.33. The fourth-order valence-electron chi connectivity index (χ4n) is 0.661. The maximum atomic E-state index is 12.4. The molecule has 5 heteroatoms. The van der Waals surface area contributed by atoms with E-state index in [4.69, 9.17) is 11.6 Å². The van der Waals surface area contributed by atoms with Crippen LogP contribution in [-0.2, 0) is 4.74 Å². The zero-order valence-corrected chi connectivity index (χ0v) is 6.93. The van der Waals surface area contributed by atoms with E-state index in [0.29, 0.717) is 0 Å². The number of carbonyl (C=O) groups is 1. The third-order valence-corrected chi connectivity index (χ3v) is 1.47. The normalized spacial score (nSPS) is 9.58. The van der Waals surface area contributed by atoms with Crippen molar-refractivity contribution in [2.75, 3.05) is 7.11 Å². The number of hydrogen-bond donors (Lipinski definition) is 0. The topological polar surface area (TPSA) is 39.2 Å². The second-order valence-corrected chi connectivity index (χ2v) is 2.38. The van der Waals surface area contributed by atoms with Gasteiger partial charge in [-0.1, -0.05) is 11.6 Å². The molecule has 0 aliphatic rings. The van der Waals surface area contributed by atoms with Crippen LogP contribution in [-0.4, -0.2) is 18.1 Å². The minimum Gasteiger partial charge on any atom is -0.464 e. The molecule has 0 aliphatic carbocycles. The number of rotatable bonds is 1. The van der Waals surface area contributed by atoms with Crippen LogP contribution in [0, 0.1) is 5.82 Å². The van der Waals surface area contributed by atoms with Crippen molar-refractivity contribution in [2.24, 2.45) is 0 Å². The van der Waals surface area contributed by atoms with Gasteiger partial charge in [-0.15, -0.1) is 0 Å². The average Bonchev–Trinajstić information content (AvgIpc) is 2.03. The summed E-state index contributed by atoms with van der Waals surface area (Å²) in [6.45, 7) is 0. The van der Waals surface area contributed by atoms with E-state index in [1.165, 1.54) is 7.11 Å². The third-order valence-electron chi connectivity index (χ3n) is 1.19. The predicted octanol–water partition coefficient (Wildman–Crippen LogP) is 1.66. The van der Waals surface area contributed by atoms with Crippen molar-refractivity contribution in [3.05, 3.63) is 28.8 Å². The molecule has 64 valence electrons. The smallest absolute Gasteiger partial charge is 0.358 e. The van der Waals surface area contributed by atoms with Crippen LogP contribution in [0.15, 0.2) is 12.3 Å². The summed E-state index contributed by atoms with van der Waals surface area (Å²) in [4.78, 5) is 14.3. The van der Waals surface area contributed by atoms with Gasteiger partial charge in [-0.05, 0) is 6.07 Å². The van der Waals surface area contributed by atoms with Crippen molar-refractivity contribution in [2.45, 2.75) is 0 Å². The molecule has 0 saturated carbocycles. The Hall–Kier alpha value is -1.16. The molecule has 1 aromatic heterocycles. The lowest BCUT2D eigenvalue weighted by atomic mass is 10.3. The first-order chi connectivity index (χ1) is 5.65. The van der Waals surface area contributed by atoms with Crippen molar-refractivity contribution < 1.29 is 13.9 Å². The van der Waals surface area contributed by atoms with E-state index < -0.39 is 11.8 Å². The molecular formula is C7H5ClFNO2. The second kappa shape index (κ2) is 3.49. The Kier molecular flexibility index (Phi) is 2.60.